The van der Waals surface area contributed by atoms with Gasteiger partial charge < -0.3 is 0 Å². The van der Waals surface area contributed by atoms with Gasteiger partial charge in [0.1, 0.15) is 0 Å². The molecule has 0 saturated heterocycles. The summed E-state index contributed by atoms with van der Waals surface area (Å²) in [5, 5.41) is 0.410. The van der Waals surface area contributed by atoms with E-state index >= 15 is 0 Å². The number of amides is 1. The summed E-state index contributed by atoms with van der Waals surface area (Å²) in [6.07, 6.45) is 1.58. The minimum atomic E-state index is -3.86. The molecule has 0 bridgehead atoms. The second-order valence-corrected chi connectivity index (χ2v) is 6.53. The van der Waals surface area contributed by atoms with Crippen LogP contribution in [0.4, 0.5) is 0 Å². The molecule has 1 aromatic carbocycles. The van der Waals surface area contributed by atoms with Crippen LogP contribution in [0.3, 0.4) is 0 Å². The van der Waals surface area contributed by atoms with Crippen molar-refractivity contribution < 1.29 is 13.2 Å². The van der Waals surface area contributed by atoms with Gasteiger partial charge in [-0.3, -0.25) is 10.2 Å². The smallest absolute Gasteiger partial charge is 0.257 e. The first-order valence-corrected chi connectivity index (χ1v) is 7.40. The van der Waals surface area contributed by atoms with E-state index < -0.39 is 10.0 Å². The van der Waals surface area contributed by atoms with Crippen molar-refractivity contribution >= 4 is 39.1 Å². The van der Waals surface area contributed by atoms with Crippen LogP contribution in [-0.2, 0) is 14.8 Å². The van der Waals surface area contributed by atoms with Crippen LogP contribution in [0, 0.1) is 5.92 Å². The minimum Gasteiger partial charge on any atom is -0.277 e. The molecule has 0 atom stereocenters. The molecule has 1 amide bonds. The van der Waals surface area contributed by atoms with Crippen molar-refractivity contribution in [3.8, 4) is 0 Å². The van der Waals surface area contributed by atoms with Gasteiger partial charge in [-0.05, 0) is 31.0 Å². The van der Waals surface area contributed by atoms with Gasteiger partial charge >= 0.3 is 0 Å². The third-order valence-corrected chi connectivity index (χ3v) is 4.07. The van der Waals surface area contributed by atoms with Gasteiger partial charge in [-0.15, -0.1) is 4.83 Å². The summed E-state index contributed by atoms with van der Waals surface area (Å²) >= 11 is 11.4. The van der Waals surface area contributed by atoms with Crippen LogP contribution in [0.2, 0.25) is 10.0 Å². The van der Waals surface area contributed by atoms with Gasteiger partial charge in [0.2, 0.25) is 5.91 Å². The van der Waals surface area contributed by atoms with Gasteiger partial charge in [-0.25, -0.2) is 8.42 Å². The zero-order valence-electron chi connectivity index (χ0n) is 9.11. The number of carbonyl (C=O) groups is 1. The largest absolute Gasteiger partial charge is 0.277 e. The van der Waals surface area contributed by atoms with Crippen LogP contribution in [0.15, 0.2) is 23.1 Å². The number of hydrogen-bond acceptors (Lipinski definition) is 3. The number of nitrogens with one attached hydrogen (secondary N) is 2. The van der Waals surface area contributed by atoms with Crippen molar-refractivity contribution in [2.75, 3.05) is 0 Å². The quantitative estimate of drug-likeness (QED) is 0.832. The van der Waals surface area contributed by atoms with Crippen molar-refractivity contribution in [2.24, 2.45) is 5.92 Å². The summed E-state index contributed by atoms with van der Waals surface area (Å²) in [5.41, 5.74) is 2.16. The van der Waals surface area contributed by atoms with Gasteiger partial charge in [0, 0.05) is 16.0 Å². The van der Waals surface area contributed by atoms with E-state index in [1.807, 2.05) is 4.83 Å². The highest BCUT2D eigenvalue weighted by molar-refractivity contribution is 7.89. The minimum absolute atomic E-state index is 0.0874. The molecule has 2 N–H and O–H groups in total. The summed E-state index contributed by atoms with van der Waals surface area (Å²) in [4.78, 5) is 13.2. The molecule has 5 nitrogen and oxygen atoms in total. The number of hydrogen-bond donors (Lipinski definition) is 2. The second-order valence-electron chi connectivity index (χ2n) is 3.97. The molecule has 1 saturated carbocycles. The lowest BCUT2D eigenvalue weighted by atomic mass is 10.4. The maximum atomic E-state index is 11.8. The zero-order chi connectivity index (χ0) is 13.3. The number of hydrazine groups is 1. The number of halogens is 2. The molecule has 1 aliphatic rings. The Labute approximate surface area is 114 Å². The Hall–Kier alpha value is -0.820. The van der Waals surface area contributed by atoms with E-state index in [0.29, 0.717) is 0 Å². The van der Waals surface area contributed by atoms with Crippen molar-refractivity contribution in [3.05, 3.63) is 28.2 Å². The fraction of sp³-hybridized carbons (Fsp3) is 0.300. The average molecular weight is 309 g/mol. The molecule has 2 rings (SSSR count). The number of carbonyl (C=O) groups excluding carboxylic acids is 1. The molecule has 98 valence electrons. The van der Waals surface area contributed by atoms with Gasteiger partial charge in [-0.2, -0.15) is 0 Å². The number of rotatable bonds is 4. The van der Waals surface area contributed by atoms with Crippen molar-refractivity contribution in [3.63, 3.8) is 0 Å². The number of sulfonamides is 1. The highest BCUT2D eigenvalue weighted by atomic mass is 35.5. The van der Waals surface area contributed by atoms with E-state index in [4.69, 9.17) is 23.2 Å². The molecular weight excluding hydrogens is 299 g/mol. The SMILES string of the molecule is O=C(NNS(=O)(=O)c1cc(Cl)cc(Cl)c1)C1CC1. The van der Waals surface area contributed by atoms with Crippen LogP contribution in [0.1, 0.15) is 12.8 Å². The molecule has 0 radical (unpaired) electrons. The summed E-state index contributed by atoms with van der Waals surface area (Å²) in [6.45, 7) is 0. The first-order valence-electron chi connectivity index (χ1n) is 5.16. The lowest BCUT2D eigenvalue weighted by Gasteiger charge is -2.08. The monoisotopic (exact) mass is 308 g/mol. The first-order chi connectivity index (χ1) is 8.38. The van der Waals surface area contributed by atoms with Crippen LogP contribution in [-0.4, -0.2) is 14.3 Å². The highest BCUT2D eigenvalue weighted by Gasteiger charge is 2.30. The maximum absolute atomic E-state index is 11.8. The van der Waals surface area contributed by atoms with E-state index in [2.05, 4.69) is 5.43 Å². The molecular formula is C10H10Cl2N2O3S. The Morgan fingerprint density at radius 3 is 2.22 bits per heavy atom. The third kappa shape index (κ3) is 3.35. The molecule has 1 fully saturated rings. The molecule has 8 heteroatoms. The van der Waals surface area contributed by atoms with Gasteiger partial charge in [0.25, 0.3) is 10.0 Å². The van der Waals surface area contributed by atoms with Gasteiger partial charge in [0.05, 0.1) is 4.90 Å². The summed E-state index contributed by atoms with van der Waals surface area (Å²) < 4.78 is 23.7. The second kappa shape index (κ2) is 5.05. The molecule has 1 aromatic rings. The normalized spacial score (nSPS) is 15.4. The van der Waals surface area contributed by atoms with E-state index in [-0.39, 0.29) is 26.8 Å². The molecule has 18 heavy (non-hydrogen) atoms. The van der Waals surface area contributed by atoms with E-state index in [0.717, 1.165) is 12.8 Å². The predicted octanol–water partition coefficient (Wildman–Crippen LogP) is 1.71. The Kier molecular flexibility index (Phi) is 3.82. The molecule has 1 aliphatic carbocycles. The summed E-state index contributed by atoms with van der Waals surface area (Å²) in [5.74, 6) is -0.414. The van der Waals surface area contributed by atoms with E-state index in [9.17, 15) is 13.2 Å². The van der Waals surface area contributed by atoms with Gasteiger partial charge in [0.15, 0.2) is 0 Å². The fourth-order valence-corrected chi connectivity index (χ4v) is 2.88. The molecule has 0 heterocycles. The lowest BCUT2D eigenvalue weighted by molar-refractivity contribution is -0.122. The number of benzene rings is 1. The van der Waals surface area contributed by atoms with Crippen LogP contribution < -0.4 is 10.3 Å². The molecule has 0 aromatic heterocycles. The summed E-state index contributed by atoms with van der Waals surface area (Å²) in [6, 6.07) is 3.92. The lowest BCUT2D eigenvalue weighted by Crippen LogP contribution is -2.42. The Morgan fingerprint density at radius 2 is 1.72 bits per heavy atom. The van der Waals surface area contributed by atoms with E-state index in [1.54, 1.807) is 0 Å². The average Bonchev–Trinajstić information content (AvgIpc) is 3.08. The summed E-state index contributed by atoms with van der Waals surface area (Å²) in [7, 11) is -3.86. The first kappa shape index (κ1) is 13.6. The zero-order valence-corrected chi connectivity index (χ0v) is 11.4. The maximum Gasteiger partial charge on any atom is 0.257 e. The fourth-order valence-electron chi connectivity index (χ4n) is 1.31. The van der Waals surface area contributed by atoms with Crippen molar-refractivity contribution in [2.45, 2.75) is 17.7 Å². The third-order valence-electron chi connectivity index (χ3n) is 2.40. The molecule has 0 aliphatic heterocycles. The van der Waals surface area contributed by atoms with E-state index in [1.165, 1.54) is 18.2 Å². The predicted molar refractivity (Wildman–Crippen MR) is 67.7 cm³/mol. The Balaban J connectivity index is 2.11. The van der Waals surface area contributed by atoms with Crippen molar-refractivity contribution in [1.82, 2.24) is 10.3 Å². The topological polar surface area (TPSA) is 75.3 Å². The van der Waals surface area contributed by atoms with Crippen LogP contribution >= 0.6 is 23.2 Å². The van der Waals surface area contributed by atoms with Gasteiger partial charge in [-0.1, -0.05) is 23.2 Å². The Bertz CT molecular complexity index is 565. The standard InChI is InChI=1S/C10H10Cl2N2O3S/c11-7-3-8(12)5-9(4-7)18(16,17)14-13-10(15)6-1-2-6/h3-6,14H,1-2H2,(H,13,15). The van der Waals surface area contributed by atoms with Crippen LogP contribution in [0.5, 0.6) is 0 Å². The van der Waals surface area contributed by atoms with Crippen molar-refractivity contribution in [1.29, 1.82) is 0 Å². The molecule has 0 spiro atoms. The van der Waals surface area contributed by atoms with Crippen LogP contribution in [0.25, 0.3) is 0 Å². The Morgan fingerprint density at radius 1 is 1.17 bits per heavy atom. The molecule has 0 unspecified atom stereocenters. The highest BCUT2D eigenvalue weighted by Crippen LogP contribution is 2.28.